The molecule has 0 bridgehead atoms. The Labute approximate surface area is 202 Å². The molecule has 0 amide bonds. The summed E-state index contributed by atoms with van der Waals surface area (Å²) in [5, 5.41) is 26.5. The van der Waals surface area contributed by atoms with Gasteiger partial charge >= 0.3 is 0 Å². The Balaban J connectivity index is 2.07. The summed E-state index contributed by atoms with van der Waals surface area (Å²) in [7, 11) is 5.44. The van der Waals surface area contributed by atoms with Gasteiger partial charge in [0.15, 0.2) is 5.17 Å². The summed E-state index contributed by atoms with van der Waals surface area (Å²) in [4.78, 5) is 8.39. The fraction of sp³-hybridized carbons (Fsp3) is 0.727. The number of alkyl halides is 1. The number of piperidine rings is 1. The van der Waals surface area contributed by atoms with Crippen LogP contribution < -0.4 is 16.1 Å². The summed E-state index contributed by atoms with van der Waals surface area (Å²) in [6.45, 7) is 9.12. The van der Waals surface area contributed by atoms with Gasteiger partial charge in [0.2, 0.25) is 5.96 Å². The van der Waals surface area contributed by atoms with E-state index in [9.17, 15) is 9.50 Å². The summed E-state index contributed by atoms with van der Waals surface area (Å²) < 4.78 is 13.4. The van der Waals surface area contributed by atoms with E-state index in [1.54, 1.807) is 19.0 Å². The highest BCUT2D eigenvalue weighted by atomic mass is 32.2. The fourth-order valence-electron chi connectivity index (χ4n) is 4.03. The van der Waals surface area contributed by atoms with E-state index in [2.05, 4.69) is 32.5 Å². The van der Waals surface area contributed by atoms with E-state index in [1.807, 2.05) is 19.0 Å². The van der Waals surface area contributed by atoms with Gasteiger partial charge in [0.1, 0.15) is 11.3 Å². The molecule has 2 fully saturated rings. The number of aliphatic hydroxyl groups excluding tert-OH is 1. The van der Waals surface area contributed by atoms with Gasteiger partial charge in [-0.15, -0.1) is 0 Å². The predicted octanol–water partition coefficient (Wildman–Crippen LogP) is 2.21. The molecule has 1 aliphatic carbocycles. The molecule has 1 saturated carbocycles. The molecule has 1 atom stereocenters. The molecule has 11 heteroatoms. The third-order valence-electron chi connectivity index (χ3n) is 6.04. The number of aliphatic hydroxyl groups is 1. The minimum atomic E-state index is -1.16. The van der Waals surface area contributed by atoms with Crippen LogP contribution in [-0.4, -0.2) is 89.0 Å². The van der Waals surface area contributed by atoms with Crippen molar-refractivity contribution in [2.24, 2.45) is 4.99 Å². The predicted molar refractivity (Wildman–Crippen MR) is 135 cm³/mol. The lowest BCUT2D eigenvalue weighted by Crippen LogP contribution is -2.54. The number of allylic oxidation sites excluding steroid dienone is 1. The second-order valence-electron chi connectivity index (χ2n) is 8.58. The first-order valence-electron chi connectivity index (χ1n) is 11.6. The standard InChI is InChI=1S/C22H41FN8OS/c1-7-18(19(25-4)29(5)20(24)33-16(3)23)28-30(6)21(26-8-2)31-13-9-17(10-14-31)27-22(15-32)11-12-22/h8,16-17,24-25,27-28,32H,2,7,9-15H2,1,3-6H3/b19-18+,24-20?,26-21+. The van der Waals surface area contributed by atoms with Gasteiger partial charge in [-0.25, -0.2) is 9.38 Å². The number of aliphatic imine (C=N–C) groups is 1. The molecule has 5 N–H and O–H groups in total. The van der Waals surface area contributed by atoms with E-state index >= 15 is 0 Å². The Morgan fingerprint density at radius 2 is 2.03 bits per heavy atom. The number of nitrogens with one attached hydrogen (secondary N) is 4. The van der Waals surface area contributed by atoms with Gasteiger partial charge in [-0.3, -0.25) is 15.8 Å². The zero-order valence-electron chi connectivity index (χ0n) is 20.6. The first-order chi connectivity index (χ1) is 15.7. The molecule has 2 rings (SSSR count). The number of hydrogen-bond acceptors (Lipinski definition) is 7. The van der Waals surface area contributed by atoms with Crippen LogP contribution in [0.25, 0.3) is 0 Å². The zero-order chi connectivity index (χ0) is 24.6. The molecule has 1 aliphatic heterocycles. The van der Waals surface area contributed by atoms with Crippen LogP contribution in [0.3, 0.4) is 0 Å². The zero-order valence-corrected chi connectivity index (χ0v) is 21.4. The van der Waals surface area contributed by atoms with Crippen molar-refractivity contribution in [1.29, 1.82) is 5.41 Å². The summed E-state index contributed by atoms with van der Waals surface area (Å²) in [5.41, 5.74) is 3.04. The number of likely N-dealkylation sites (tertiary alicyclic amines) is 1. The third kappa shape index (κ3) is 7.51. The molecule has 0 radical (unpaired) electrons. The molecule has 0 aromatic carbocycles. The van der Waals surface area contributed by atoms with Crippen molar-refractivity contribution >= 4 is 22.9 Å². The van der Waals surface area contributed by atoms with Gasteiger partial charge in [-0.1, -0.05) is 25.3 Å². The van der Waals surface area contributed by atoms with Gasteiger partial charge in [0, 0.05) is 52.0 Å². The van der Waals surface area contributed by atoms with E-state index in [-0.39, 0.29) is 17.3 Å². The van der Waals surface area contributed by atoms with Crippen molar-refractivity contribution in [3.05, 3.63) is 24.3 Å². The number of guanidine groups is 1. The van der Waals surface area contributed by atoms with E-state index in [4.69, 9.17) is 5.41 Å². The Morgan fingerprint density at radius 3 is 2.48 bits per heavy atom. The normalized spacial score (nSPS) is 20.0. The molecule has 9 nitrogen and oxygen atoms in total. The molecule has 33 heavy (non-hydrogen) atoms. The maximum atomic E-state index is 13.4. The van der Waals surface area contributed by atoms with Crippen LogP contribution in [0.2, 0.25) is 0 Å². The van der Waals surface area contributed by atoms with Gasteiger partial charge in [0.05, 0.1) is 12.3 Å². The lowest BCUT2D eigenvalue weighted by molar-refractivity contribution is 0.187. The molecule has 1 heterocycles. The third-order valence-corrected chi connectivity index (χ3v) is 6.87. The molecule has 188 valence electrons. The molecule has 0 spiro atoms. The maximum absolute atomic E-state index is 13.4. The molecule has 0 aromatic heterocycles. The Morgan fingerprint density at radius 1 is 1.39 bits per heavy atom. The first kappa shape index (κ1) is 27.3. The second kappa shape index (κ2) is 12.5. The number of thioether (sulfide) groups is 1. The highest BCUT2D eigenvalue weighted by Gasteiger charge is 2.43. The van der Waals surface area contributed by atoms with Crippen molar-refractivity contribution in [2.75, 3.05) is 40.8 Å². The number of nitrogens with zero attached hydrogens (tertiary/aromatic N) is 4. The number of rotatable bonds is 10. The molecule has 1 unspecified atom stereocenters. The smallest absolute Gasteiger partial charge is 0.220 e. The fourth-order valence-corrected chi connectivity index (χ4v) is 4.58. The minimum absolute atomic E-state index is 0.0500. The van der Waals surface area contributed by atoms with Crippen LogP contribution in [0.4, 0.5) is 4.39 Å². The van der Waals surface area contributed by atoms with Crippen LogP contribution >= 0.6 is 11.8 Å². The van der Waals surface area contributed by atoms with Gasteiger partial charge in [-0.2, -0.15) is 0 Å². The second-order valence-corrected chi connectivity index (χ2v) is 9.85. The molecule has 2 aliphatic rings. The number of halogens is 1. The van der Waals surface area contributed by atoms with Gasteiger partial charge in [0.25, 0.3) is 0 Å². The summed E-state index contributed by atoms with van der Waals surface area (Å²) in [6.07, 6.45) is 6.26. The number of hydrazine groups is 1. The van der Waals surface area contributed by atoms with E-state index in [1.165, 1.54) is 13.1 Å². The van der Waals surface area contributed by atoms with Crippen LogP contribution in [0.5, 0.6) is 0 Å². The quantitative estimate of drug-likeness (QED) is 0.183. The Bertz CT molecular complexity index is 732. The van der Waals surface area contributed by atoms with Gasteiger partial charge in [-0.05, 0) is 39.0 Å². The van der Waals surface area contributed by atoms with Gasteiger partial charge < -0.3 is 25.5 Å². The largest absolute Gasteiger partial charge is 0.394 e. The van der Waals surface area contributed by atoms with Crippen molar-refractivity contribution in [1.82, 2.24) is 30.9 Å². The van der Waals surface area contributed by atoms with Crippen LogP contribution in [0.1, 0.15) is 46.0 Å². The average molecular weight is 485 g/mol. The van der Waals surface area contributed by atoms with Crippen molar-refractivity contribution < 1.29 is 9.50 Å². The summed E-state index contributed by atoms with van der Waals surface area (Å²) in [5.74, 6) is 1.46. The Kier molecular flexibility index (Phi) is 10.3. The number of hydrogen-bond donors (Lipinski definition) is 5. The molecule has 0 aromatic rings. The van der Waals surface area contributed by atoms with Crippen LogP contribution in [0.15, 0.2) is 29.3 Å². The Hall–Kier alpha value is -1.98. The SMILES string of the molecule is C=C/N=C(/N1CCC(NC2(CO)CC2)CC1)N(C)N/C(CC)=C(\NC)N(C)C(=N)SC(C)F. The van der Waals surface area contributed by atoms with Crippen molar-refractivity contribution in [2.45, 2.75) is 63.0 Å². The molecular weight excluding hydrogens is 443 g/mol. The topological polar surface area (TPSA) is 102 Å². The summed E-state index contributed by atoms with van der Waals surface area (Å²) in [6, 6.07) is 0.399. The van der Waals surface area contributed by atoms with E-state index in [0.29, 0.717) is 18.3 Å². The van der Waals surface area contributed by atoms with Crippen molar-refractivity contribution in [3.8, 4) is 0 Å². The monoisotopic (exact) mass is 484 g/mol. The maximum Gasteiger partial charge on any atom is 0.220 e. The summed E-state index contributed by atoms with van der Waals surface area (Å²) >= 11 is 0.860. The molecule has 1 saturated heterocycles. The van der Waals surface area contributed by atoms with E-state index in [0.717, 1.165) is 62.2 Å². The van der Waals surface area contributed by atoms with Crippen LogP contribution in [0, 0.1) is 5.41 Å². The van der Waals surface area contributed by atoms with E-state index < -0.39 is 5.50 Å². The first-order valence-corrected chi connectivity index (χ1v) is 12.4. The average Bonchev–Trinajstić information content (AvgIpc) is 3.57. The number of amidine groups is 1. The highest BCUT2D eigenvalue weighted by Crippen LogP contribution is 2.36. The molecular formula is C22H41FN8OS. The van der Waals surface area contributed by atoms with Crippen LogP contribution in [-0.2, 0) is 0 Å². The minimum Gasteiger partial charge on any atom is -0.394 e. The lowest BCUT2D eigenvalue weighted by atomic mass is 10.0. The van der Waals surface area contributed by atoms with Crippen molar-refractivity contribution in [3.63, 3.8) is 0 Å². The highest BCUT2D eigenvalue weighted by molar-refractivity contribution is 8.14. The lowest BCUT2D eigenvalue weighted by Gasteiger charge is -2.39.